The molecule has 0 amide bonds. The minimum Gasteiger partial charge on any atom is -0.454 e. The quantitative estimate of drug-likeness (QED) is 0.465. The number of aryl methyl sites for hydroxylation is 1. The molecule has 1 unspecified atom stereocenters. The van der Waals surface area contributed by atoms with Gasteiger partial charge in [0.1, 0.15) is 17.1 Å². The number of pyridine rings is 1. The lowest BCUT2D eigenvalue weighted by atomic mass is 10.0. The van der Waals surface area contributed by atoms with E-state index < -0.39 is 21.4 Å². The number of rotatable bonds is 5. The molecule has 4 aromatic rings. The Morgan fingerprint density at radius 3 is 2.55 bits per heavy atom. The molecule has 2 aromatic carbocycles. The molecule has 2 N–H and O–H groups in total. The first kappa shape index (κ1) is 20.8. The van der Waals surface area contributed by atoms with Gasteiger partial charge in [0.25, 0.3) is 5.56 Å². The molecule has 0 saturated heterocycles. The predicted molar refractivity (Wildman–Crippen MR) is 116 cm³/mol. The van der Waals surface area contributed by atoms with Crippen molar-refractivity contribution in [3.8, 4) is 22.6 Å². The lowest BCUT2D eigenvalue weighted by molar-refractivity contribution is 0.439. The summed E-state index contributed by atoms with van der Waals surface area (Å²) in [6, 6.07) is 9.70. The zero-order chi connectivity index (χ0) is 22.3. The first-order valence-electron chi connectivity index (χ1n) is 9.27. The van der Waals surface area contributed by atoms with E-state index in [-0.39, 0.29) is 22.8 Å². The van der Waals surface area contributed by atoms with Gasteiger partial charge in [0.15, 0.2) is 11.6 Å². The molecule has 160 valence electrons. The molecular weight excluding hydrogens is 424 g/mol. The molecule has 0 aliphatic carbocycles. The summed E-state index contributed by atoms with van der Waals surface area (Å²) in [7, 11) is -1.20. The molecule has 2 aromatic heterocycles. The topological polar surface area (TPSA) is 87.9 Å². The van der Waals surface area contributed by atoms with Gasteiger partial charge in [-0.15, -0.1) is 0 Å². The number of aromatic amines is 1. The zero-order valence-corrected chi connectivity index (χ0v) is 17.6. The van der Waals surface area contributed by atoms with Crippen molar-refractivity contribution in [3.05, 3.63) is 82.4 Å². The van der Waals surface area contributed by atoms with Gasteiger partial charge in [0.2, 0.25) is 0 Å². The molecule has 2 heterocycles. The Labute approximate surface area is 177 Å². The number of halogens is 2. The monoisotopic (exact) mass is 443 g/mol. The molecular formula is C22H19F2N3O3S. The molecule has 6 nitrogen and oxygen atoms in total. The summed E-state index contributed by atoms with van der Waals surface area (Å²) in [6.07, 6.45) is 4.62. The van der Waals surface area contributed by atoms with E-state index in [0.29, 0.717) is 27.6 Å². The van der Waals surface area contributed by atoms with Crippen molar-refractivity contribution >= 4 is 20.6 Å². The van der Waals surface area contributed by atoms with Crippen molar-refractivity contribution in [2.75, 3.05) is 6.26 Å². The van der Waals surface area contributed by atoms with Crippen LogP contribution in [0.2, 0.25) is 0 Å². The number of aromatic nitrogens is 2. The van der Waals surface area contributed by atoms with Crippen LogP contribution in [0.15, 0.2) is 59.7 Å². The van der Waals surface area contributed by atoms with Crippen LogP contribution in [0.4, 0.5) is 8.78 Å². The molecule has 0 aliphatic heterocycles. The zero-order valence-electron chi connectivity index (χ0n) is 16.7. The third kappa shape index (κ3) is 4.22. The molecule has 0 radical (unpaired) electrons. The van der Waals surface area contributed by atoms with Crippen LogP contribution in [0.5, 0.6) is 11.5 Å². The Hall–Kier alpha value is -3.46. The van der Waals surface area contributed by atoms with Gasteiger partial charge in [-0.25, -0.2) is 13.0 Å². The first-order valence-corrected chi connectivity index (χ1v) is 11.4. The number of hydrogen-bond acceptors (Lipinski definition) is 4. The minimum absolute atomic E-state index is 0.0211. The summed E-state index contributed by atoms with van der Waals surface area (Å²) < 4.78 is 54.5. The fourth-order valence-corrected chi connectivity index (χ4v) is 4.26. The summed E-state index contributed by atoms with van der Waals surface area (Å²) in [6.45, 7) is 0. The predicted octanol–water partition coefficient (Wildman–Crippen LogP) is 4.78. The standard InChI is InChI=1S/C22H19F2N3O3S/c1-27-11-17(15-7-8-26-21(15)22(27)28)16-9-13(12-31(2,25)29)3-5-19(16)30-20-6-4-14(23)10-18(20)24/h3-11,25-26H,12H2,1-2H3. The Kier molecular flexibility index (Phi) is 5.14. The maximum absolute atomic E-state index is 14.2. The Balaban J connectivity index is 1.94. The van der Waals surface area contributed by atoms with Crippen LogP contribution >= 0.6 is 0 Å². The summed E-state index contributed by atoms with van der Waals surface area (Å²) in [5.74, 6) is -1.45. The Bertz CT molecular complexity index is 1470. The van der Waals surface area contributed by atoms with E-state index in [4.69, 9.17) is 9.52 Å². The number of nitrogens with zero attached hydrogens (tertiary/aromatic N) is 1. The highest BCUT2D eigenvalue weighted by atomic mass is 32.2. The molecule has 0 aliphatic rings. The van der Waals surface area contributed by atoms with Crippen LogP contribution in [-0.4, -0.2) is 20.0 Å². The summed E-state index contributed by atoms with van der Waals surface area (Å²) >= 11 is 0. The highest BCUT2D eigenvalue weighted by Gasteiger charge is 2.17. The van der Waals surface area contributed by atoms with E-state index in [0.717, 1.165) is 12.1 Å². The van der Waals surface area contributed by atoms with E-state index in [1.807, 2.05) is 0 Å². The fraction of sp³-hybridized carbons (Fsp3) is 0.136. The van der Waals surface area contributed by atoms with Gasteiger partial charge < -0.3 is 14.3 Å². The van der Waals surface area contributed by atoms with Crippen LogP contribution in [0.1, 0.15) is 5.56 Å². The molecule has 4 rings (SSSR count). The second-order valence-corrected chi connectivity index (χ2v) is 9.68. The number of benzene rings is 2. The number of fused-ring (bicyclic) bond motifs is 1. The number of nitrogens with one attached hydrogen (secondary N) is 2. The number of hydrogen-bond donors (Lipinski definition) is 2. The maximum Gasteiger partial charge on any atom is 0.274 e. The van der Waals surface area contributed by atoms with Gasteiger partial charge in [0.05, 0.1) is 5.75 Å². The van der Waals surface area contributed by atoms with Crippen LogP contribution in [-0.2, 0) is 22.5 Å². The van der Waals surface area contributed by atoms with Crippen LogP contribution < -0.4 is 10.3 Å². The van der Waals surface area contributed by atoms with Crippen LogP contribution in [0, 0.1) is 16.4 Å². The highest BCUT2D eigenvalue weighted by molar-refractivity contribution is 7.90. The molecule has 1 atom stereocenters. The van der Waals surface area contributed by atoms with Gasteiger partial charge in [-0.3, -0.25) is 9.57 Å². The number of H-pyrrole nitrogens is 1. The Morgan fingerprint density at radius 2 is 1.84 bits per heavy atom. The van der Waals surface area contributed by atoms with Gasteiger partial charge in [-0.05, 0) is 35.9 Å². The SMILES string of the molecule is Cn1cc(-c2cc(CS(C)(=N)=O)ccc2Oc2ccc(F)cc2F)c2cc[nH]c2c1=O. The van der Waals surface area contributed by atoms with Gasteiger partial charge in [-0.1, -0.05) is 6.07 Å². The van der Waals surface area contributed by atoms with Crippen molar-refractivity contribution < 1.29 is 17.7 Å². The van der Waals surface area contributed by atoms with Gasteiger partial charge in [-0.2, -0.15) is 0 Å². The van der Waals surface area contributed by atoms with Crippen molar-refractivity contribution in [1.29, 1.82) is 4.78 Å². The number of ether oxygens (including phenoxy) is 1. The van der Waals surface area contributed by atoms with Crippen LogP contribution in [0.3, 0.4) is 0 Å². The van der Waals surface area contributed by atoms with Gasteiger partial charge in [0, 0.05) is 58.0 Å². The van der Waals surface area contributed by atoms with Crippen molar-refractivity contribution in [3.63, 3.8) is 0 Å². The lowest BCUT2D eigenvalue weighted by Gasteiger charge is -2.15. The average molecular weight is 443 g/mol. The van der Waals surface area contributed by atoms with Gasteiger partial charge >= 0.3 is 0 Å². The lowest BCUT2D eigenvalue weighted by Crippen LogP contribution is -2.16. The second kappa shape index (κ2) is 7.66. The fourth-order valence-electron chi connectivity index (χ4n) is 3.44. The summed E-state index contributed by atoms with van der Waals surface area (Å²) in [4.78, 5) is 15.4. The summed E-state index contributed by atoms with van der Waals surface area (Å²) in [5.41, 5.74) is 1.95. The maximum atomic E-state index is 14.2. The van der Waals surface area contributed by atoms with E-state index >= 15 is 0 Å². The molecule has 9 heteroatoms. The van der Waals surface area contributed by atoms with Crippen molar-refractivity contribution in [2.45, 2.75) is 5.75 Å². The highest BCUT2D eigenvalue weighted by Crippen LogP contribution is 2.38. The largest absolute Gasteiger partial charge is 0.454 e. The first-order chi connectivity index (χ1) is 14.6. The molecule has 0 fully saturated rings. The summed E-state index contributed by atoms with van der Waals surface area (Å²) in [5, 5.41) is 0.632. The molecule has 0 spiro atoms. The smallest absolute Gasteiger partial charge is 0.274 e. The molecule has 0 bridgehead atoms. The van der Waals surface area contributed by atoms with Crippen LogP contribution in [0.25, 0.3) is 22.0 Å². The van der Waals surface area contributed by atoms with E-state index in [9.17, 15) is 17.8 Å². The second-order valence-electron chi connectivity index (χ2n) is 7.38. The van der Waals surface area contributed by atoms with Crippen molar-refractivity contribution in [2.24, 2.45) is 7.05 Å². The Morgan fingerprint density at radius 1 is 1.10 bits per heavy atom. The average Bonchev–Trinajstić information content (AvgIpc) is 3.17. The van der Waals surface area contributed by atoms with E-state index in [1.54, 1.807) is 43.7 Å². The normalized spacial score (nSPS) is 13.3. The van der Waals surface area contributed by atoms with E-state index in [1.165, 1.54) is 16.9 Å². The van der Waals surface area contributed by atoms with E-state index in [2.05, 4.69) is 4.98 Å². The van der Waals surface area contributed by atoms with Crippen molar-refractivity contribution in [1.82, 2.24) is 9.55 Å². The minimum atomic E-state index is -2.81. The molecule has 31 heavy (non-hydrogen) atoms. The molecule has 0 saturated carbocycles. The third-order valence-electron chi connectivity index (χ3n) is 4.78. The third-order valence-corrected chi connectivity index (χ3v) is 5.67.